The van der Waals surface area contributed by atoms with Crippen LogP contribution in [-0.2, 0) is 0 Å². The van der Waals surface area contributed by atoms with Gasteiger partial charge in [0.1, 0.15) is 5.75 Å². The van der Waals surface area contributed by atoms with Crippen LogP contribution in [0.1, 0.15) is 12.8 Å². The average molecular weight is 276 g/mol. The maximum absolute atomic E-state index is 6.21. The van der Waals surface area contributed by atoms with E-state index in [-0.39, 0.29) is 0 Å². The standard InChI is InChI=1S/C16H18ClNO/c17-15-5-6-16(14-4-2-1-3-13(14)15)19-11-12-7-9-18-10-8-12/h1-6,12,18H,7-11H2. The molecule has 1 saturated heterocycles. The SMILES string of the molecule is Clc1ccc(OCC2CCNCC2)c2ccccc12. The van der Waals surface area contributed by atoms with E-state index in [1.165, 1.54) is 12.8 Å². The molecule has 0 amide bonds. The molecule has 0 aliphatic carbocycles. The largest absolute Gasteiger partial charge is 0.493 e. The van der Waals surface area contributed by atoms with Crippen molar-refractivity contribution in [3.05, 3.63) is 41.4 Å². The minimum absolute atomic E-state index is 0.663. The molecule has 0 aromatic heterocycles. The highest BCUT2D eigenvalue weighted by Gasteiger charge is 2.14. The molecule has 0 bridgehead atoms. The van der Waals surface area contributed by atoms with Crippen LogP contribution >= 0.6 is 11.6 Å². The molecular weight excluding hydrogens is 258 g/mol. The molecular formula is C16H18ClNO. The molecule has 100 valence electrons. The van der Waals surface area contributed by atoms with E-state index in [0.717, 1.165) is 41.2 Å². The van der Waals surface area contributed by atoms with Crippen molar-refractivity contribution in [2.75, 3.05) is 19.7 Å². The topological polar surface area (TPSA) is 21.3 Å². The lowest BCUT2D eigenvalue weighted by Gasteiger charge is -2.23. The van der Waals surface area contributed by atoms with Gasteiger partial charge in [0.15, 0.2) is 0 Å². The van der Waals surface area contributed by atoms with Crippen LogP contribution in [0.5, 0.6) is 5.75 Å². The normalized spacial score (nSPS) is 16.7. The monoisotopic (exact) mass is 275 g/mol. The fraction of sp³-hybridized carbons (Fsp3) is 0.375. The number of fused-ring (bicyclic) bond motifs is 1. The third-order valence-corrected chi connectivity index (χ3v) is 4.09. The van der Waals surface area contributed by atoms with Gasteiger partial charge in [-0.05, 0) is 44.0 Å². The molecule has 3 heteroatoms. The Bertz CT molecular complexity index is 564. The van der Waals surface area contributed by atoms with Gasteiger partial charge >= 0.3 is 0 Å². The Labute approximate surface area is 118 Å². The summed E-state index contributed by atoms with van der Waals surface area (Å²) in [6, 6.07) is 12.0. The van der Waals surface area contributed by atoms with E-state index in [1.54, 1.807) is 0 Å². The zero-order valence-corrected chi connectivity index (χ0v) is 11.6. The number of hydrogen-bond acceptors (Lipinski definition) is 2. The molecule has 3 rings (SSSR count). The number of nitrogens with one attached hydrogen (secondary N) is 1. The third kappa shape index (κ3) is 2.85. The highest BCUT2D eigenvalue weighted by atomic mass is 35.5. The van der Waals surface area contributed by atoms with E-state index < -0.39 is 0 Å². The first-order valence-corrected chi connectivity index (χ1v) is 7.23. The van der Waals surface area contributed by atoms with E-state index in [9.17, 15) is 0 Å². The third-order valence-electron chi connectivity index (χ3n) is 3.76. The van der Waals surface area contributed by atoms with E-state index in [4.69, 9.17) is 16.3 Å². The number of rotatable bonds is 3. The second-order valence-corrected chi connectivity index (χ2v) is 5.50. The van der Waals surface area contributed by atoms with Gasteiger partial charge in [-0.2, -0.15) is 0 Å². The Morgan fingerprint density at radius 2 is 1.79 bits per heavy atom. The average Bonchev–Trinajstić information content (AvgIpc) is 2.48. The fourth-order valence-electron chi connectivity index (χ4n) is 2.62. The Hall–Kier alpha value is -1.25. The van der Waals surface area contributed by atoms with Crippen molar-refractivity contribution in [1.29, 1.82) is 0 Å². The molecule has 2 aromatic rings. The summed E-state index contributed by atoms with van der Waals surface area (Å²) in [5.41, 5.74) is 0. The van der Waals surface area contributed by atoms with Crippen molar-refractivity contribution >= 4 is 22.4 Å². The van der Waals surface area contributed by atoms with Gasteiger partial charge in [0.25, 0.3) is 0 Å². The lowest BCUT2D eigenvalue weighted by atomic mass is 9.99. The predicted molar refractivity (Wildman–Crippen MR) is 80.0 cm³/mol. The molecule has 2 nitrogen and oxygen atoms in total. The first-order chi connectivity index (χ1) is 9.34. The Kier molecular flexibility index (Phi) is 3.90. The number of piperidine rings is 1. The summed E-state index contributed by atoms with van der Waals surface area (Å²) in [5, 5.41) is 6.32. The molecule has 1 aliphatic rings. The van der Waals surface area contributed by atoms with Crippen LogP contribution in [0.2, 0.25) is 5.02 Å². The highest BCUT2D eigenvalue weighted by molar-refractivity contribution is 6.35. The Balaban J connectivity index is 1.79. The second-order valence-electron chi connectivity index (χ2n) is 5.10. The molecule has 0 spiro atoms. The van der Waals surface area contributed by atoms with Crippen molar-refractivity contribution in [3.63, 3.8) is 0 Å². The number of benzene rings is 2. The summed E-state index contributed by atoms with van der Waals surface area (Å²) < 4.78 is 6.03. The van der Waals surface area contributed by atoms with Crippen LogP contribution in [-0.4, -0.2) is 19.7 Å². The van der Waals surface area contributed by atoms with Crippen LogP contribution in [0.25, 0.3) is 10.8 Å². The smallest absolute Gasteiger partial charge is 0.127 e. The van der Waals surface area contributed by atoms with Crippen LogP contribution in [0.15, 0.2) is 36.4 Å². The summed E-state index contributed by atoms with van der Waals surface area (Å²) >= 11 is 6.21. The molecule has 1 heterocycles. The molecule has 0 saturated carbocycles. The summed E-state index contributed by atoms with van der Waals surface area (Å²) in [6.07, 6.45) is 2.40. The number of halogens is 1. The van der Waals surface area contributed by atoms with Gasteiger partial charge in [0.2, 0.25) is 0 Å². The minimum atomic E-state index is 0.663. The Morgan fingerprint density at radius 3 is 2.58 bits per heavy atom. The maximum atomic E-state index is 6.21. The number of ether oxygens (including phenoxy) is 1. The van der Waals surface area contributed by atoms with Crippen molar-refractivity contribution in [3.8, 4) is 5.75 Å². The molecule has 1 aliphatic heterocycles. The summed E-state index contributed by atoms with van der Waals surface area (Å²) in [5.74, 6) is 1.61. The second kappa shape index (κ2) is 5.81. The van der Waals surface area contributed by atoms with Gasteiger partial charge in [-0.3, -0.25) is 0 Å². The highest BCUT2D eigenvalue weighted by Crippen LogP contribution is 2.31. The van der Waals surface area contributed by atoms with Crippen LogP contribution in [0.3, 0.4) is 0 Å². The molecule has 1 N–H and O–H groups in total. The quantitative estimate of drug-likeness (QED) is 0.918. The van der Waals surface area contributed by atoms with Crippen LogP contribution in [0.4, 0.5) is 0 Å². The zero-order valence-electron chi connectivity index (χ0n) is 10.9. The molecule has 0 radical (unpaired) electrons. The van der Waals surface area contributed by atoms with E-state index in [0.29, 0.717) is 5.92 Å². The van der Waals surface area contributed by atoms with Crippen molar-refractivity contribution < 1.29 is 4.74 Å². The van der Waals surface area contributed by atoms with Crippen LogP contribution < -0.4 is 10.1 Å². The van der Waals surface area contributed by atoms with Gasteiger partial charge < -0.3 is 10.1 Å². The van der Waals surface area contributed by atoms with Crippen molar-refractivity contribution in [2.45, 2.75) is 12.8 Å². The first kappa shape index (κ1) is 12.8. The molecule has 19 heavy (non-hydrogen) atoms. The fourth-order valence-corrected chi connectivity index (χ4v) is 2.84. The van der Waals surface area contributed by atoms with Crippen molar-refractivity contribution in [1.82, 2.24) is 5.32 Å². The predicted octanol–water partition coefficient (Wildman–Crippen LogP) is 3.87. The Morgan fingerprint density at radius 1 is 1.05 bits per heavy atom. The molecule has 2 aromatic carbocycles. The zero-order chi connectivity index (χ0) is 13.1. The van der Waals surface area contributed by atoms with Gasteiger partial charge in [0.05, 0.1) is 6.61 Å². The van der Waals surface area contributed by atoms with Gasteiger partial charge in [-0.1, -0.05) is 35.9 Å². The summed E-state index contributed by atoms with van der Waals surface area (Å²) in [7, 11) is 0. The van der Waals surface area contributed by atoms with E-state index in [2.05, 4.69) is 11.4 Å². The van der Waals surface area contributed by atoms with E-state index in [1.807, 2.05) is 30.3 Å². The van der Waals surface area contributed by atoms with Gasteiger partial charge in [-0.25, -0.2) is 0 Å². The van der Waals surface area contributed by atoms with Crippen LogP contribution in [0, 0.1) is 5.92 Å². The molecule has 0 unspecified atom stereocenters. The van der Waals surface area contributed by atoms with E-state index >= 15 is 0 Å². The maximum Gasteiger partial charge on any atom is 0.127 e. The number of hydrogen-bond donors (Lipinski definition) is 1. The summed E-state index contributed by atoms with van der Waals surface area (Å²) in [6.45, 7) is 3.01. The lowest BCUT2D eigenvalue weighted by Crippen LogP contribution is -2.30. The minimum Gasteiger partial charge on any atom is -0.493 e. The first-order valence-electron chi connectivity index (χ1n) is 6.85. The van der Waals surface area contributed by atoms with Gasteiger partial charge in [0, 0.05) is 15.8 Å². The molecule has 0 atom stereocenters. The lowest BCUT2D eigenvalue weighted by molar-refractivity contribution is 0.217. The molecule has 1 fully saturated rings. The van der Waals surface area contributed by atoms with Crippen molar-refractivity contribution in [2.24, 2.45) is 5.92 Å². The van der Waals surface area contributed by atoms with Gasteiger partial charge in [-0.15, -0.1) is 0 Å². The summed E-state index contributed by atoms with van der Waals surface area (Å²) in [4.78, 5) is 0.